The quantitative estimate of drug-likeness (QED) is 0.687. The number of rotatable bonds is 5. The molecule has 0 N–H and O–H groups in total. The number of halogens is 3. The monoisotopic (exact) mass is 298 g/mol. The molecule has 2 aromatic rings. The van der Waals surface area contributed by atoms with Crippen molar-refractivity contribution in [3.63, 3.8) is 0 Å². The lowest BCUT2D eigenvalue weighted by atomic mass is 10.1. The van der Waals surface area contributed by atoms with E-state index in [0.29, 0.717) is 23.1 Å². The standard InChI is InChI=1S/C15H13Cl2FO/c16-10-9-14(11-5-7-12(18)8-6-11)19-15-4-2-1-3-13(15)17/h1-8,14H,9-10H2. The summed E-state index contributed by atoms with van der Waals surface area (Å²) in [6, 6.07) is 13.5. The van der Waals surface area contributed by atoms with Gasteiger partial charge in [-0.05, 0) is 29.8 Å². The van der Waals surface area contributed by atoms with Gasteiger partial charge in [0, 0.05) is 12.3 Å². The van der Waals surface area contributed by atoms with Crippen LogP contribution in [0.25, 0.3) is 0 Å². The molecule has 4 heteroatoms. The van der Waals surface area contributed by atoms with Crippen molar-refractivity contribution < 1.29 is 9.13 Å². The predicted octanol–water partition coefficient (Wildman–Crippen LogP) is 5.23. The van der Waals surface area contributed by atoms with Crippen LogP contribution in [0.15, 0.2) is 48.5 Å². The molecule has 0 amide bonds. The van der Waals surface area contributed by atoms with Crippen molar-refractivity contribution in [3.05, 3.63) is 64.9 Å². The average Bonchev–Trinajstić information content (AvgIpc) is 2.42. The summed E-state index contributed by atoms with van der Waals surface area (Å²) >= 11 is 11.9. The highest BCUT2D eigenvalue weighted by molar-refractivity contribution is 6.32. The first kappa shape index (κ1) is 14.2. The molecule has 2 aromatic carbocycles. The molecule has 0 bridgehead atoms. The average molecular weight is 299 g/mol. The molecule has 100 valence electrons. The van der Waals surface area contributed by atoms with Crippen LogP contribution in [-0.4, -0.2) is 5.88 Å². The van der Waals surface area contributed by atoms with Crippen LogP contribution in [0.2, 0.25) is 5.02 Å². The van der Waals surface area contributed by atoms with Gasteiger partial charge < -0.3 is 4.74 Å². The lowest BCUT2D eigenvalue weighted by Crippen LogP contribution is -2.08. The van der Waals surface area contributed by atoms with E-state index in [1.54, 1.807) is 24.3 Å². The van der Waals surface area contributed by atoms with Gasteiger partial charge >= 0.3 is 0 Å². The molecule has 19 heavy (non-hydrogen) atoms. The molecule has 0 aromatic heterocycles. The highest BCUT2D eigenvalue weighted by Crippen LogP contribution is 2.30. The Morgan fingerprint density at radius 1 is 1.05 bits per heavy atom. The number of hydrogen-bond donors (Lipinski definition) is 0. The topological polar surface area (TPSA) is 9.23 Å². The van der Waals surface area contributed by atoms with Crippen LogP contribution >= 0.6 is 23.2 Å². The molecular weight excluding hydrogens is 286 g/mol. The van der Waals surface area contributed by atoms with Crippen LogP contribution in [0.4, 0.5) is 4.39 Å². The Balaban J connectivity index is 2.21. The van der Waals surface area contributed by atoms with E-state index in [1.165, 1.54) is 12.1 Å². The van der Waals surface area contributed by atoms with Gasteiger partial charge in [0.25, 0.3) is 0 Å². The summed E-state index contributed by atoms with van der Waals surface area (Å²) < 4.78 is 18.8. The van der Waals surface area contributed by atoms with E-state index in [1.807, 2.05) is 12.1 Å². The van der Waals surface area contributed by atoms with Crippen molar-refractivity contribution in [1.29, 1.82) is 0 Å². The van der Waals surface area contributed by atoms with E-state index in [4.69, 9.17) is 27.9 Å². The minimum Gasteiger partial charge on any atom is -0.484 e. The zero-order valence-electron chi connectivity index (χ0n) is 10.2. The molecular formula is C15H13Cl2FO. The van der Waals surface area contributed by atoms with Crippen LogP contribution in [0.1, 0.15) is 18.1 Å². The van der Waals surface area contributed by atoms with Crippen LogP contribution in [0.3, 0.4) is 0 Å². The Kier molecular flexibility index (Phi) is 5.06. The summed E-state index contributed by atoms with van der Waals surface area (Å²) in [5.41, 5.74) is 0.877. The predicted molar refractivity (Wildman–Crippen MR) is 76.6 cm³/mol. The smallest absolute Gasteiger partial charge is 0.138 e. The summed E-state index contributed by atoms with van der Waals surface area (Å²) in [5.74, 6) is 0.779. The van der Waals surface area contributed by atoms with Crippen LogP contribution in [-0.2, 0) is 0 Å². The normalized spacial score (nSPS) is 12.2. The van der Waals surface area contributed by atoms with Gasteiger partial charge in [0.1, 0.15) is 17.7 Å². The number of ether oxygens (including phenoxy) is 1. The van der Waals surface area contributed by atoms with E-state index >= 15 is 0 Å². The summed E-state index contributed by atoms with van der Waals surface area (Å²) in [7, 11) is 0. The summed E-state index contributed by atoms with van der Waals surface area (Å²) in [6.45, 7) is 0. The second kappa shape index (κ2) is 6.78. The van der Waals surface area contributed by atoms with E-state index in [-0.39, 0.29) is 11.9 Å². The van der Waals surface area contributed by atoms with Crippen molar-refractivity contribution in [2.45, 2.75) is 12.5 Å². The number of benzene rings is 2. The Hall–Kier alpha value is -1.25. The van der Waals surface area contributed by atoms with Gasteiger partial charge in [0.2, 0.25) is 0 Å². The Bertz CT molecular complexity index is 528. The molecule has 1 unspecified atom stereocenters. The first-order chi connectivity index (χ1) is 9.20. The van der Waals surface area contributed by atoms with Crippen molar-refractivity contribution >= 4 is 23.2 Å². The van der Waals surface area contributed by atoms with Crippen molar-refractivity contribution in [1.82, 2.24) is 0 Å². The molecule has 0 aliphatic rings. The zero-order chi connectivity index (χ0) is 13.7. The molecule has 0 saturated heterocycles. The summed E-state index contributed by atoms with van der Waals surface area (Å²) in [4.78, 5) is 0. The first-order valence-electron chi connectivity index (χ1n) is 5.93. The number of alkyl halides is 1. The molecule has 0 saturated carbocycles. The van der Waals surface area contributed by atoms with Crippen molar-refractivity contribution in [3.8, 4) is 5.75 Å². The van der Waals surface area contributed by atoms with Gasteiger partial charge in [-0.15, -0.1) is 11.6 Å². The largest absolute Gasteiger partial charge is 0.484 e. The molecule has 0 aliphatic heterocycles. The summed E-state index contributed by atoms with van der Waals surface area (Å²) in [6.07, 6.45) is 0.385. The third-order valence-corrected chi connectivity index (χ3v) is 3.25. The zero-order valence-corrected chi connectivity index (χ0v) is 11.7. The van der Waals surface area contributed by atoms with E-state index in [0.717, 1.165) is 5.56 Å². The van der Waals surface area contributed by atoms with E-state index < -0.39 is 0 Å². The lowest BCUT2D eigenvalue weighted by molar-refractivity contribution is 0.202. The Labute approximate surface area is 121 Å². The van der Waals surface area contributed by atoms with Crippen molar-refractivity contribution in [2.75, 3.05) is 5.88 Å². The minimum atomic E-state index is -0.272. The van der Waals surface area contributed by atoms with Gasteiger partial charge in [0.15, 0.2) is 0 Å². The molecule has 0 fully saturated rings. The van der Waals surface area contributed by atoms with E-state index in [2.05, 4.69) is 0 Å². The minimum absolute atomic E-state index is 0.238. The maximum absolute atomic E-state index is 12.9. The van der Waals surface area contributed by atoms with Crippen LogP contribution < -0.4 is 4.74 Å². The lowest BCUT2D eigenvalue weighted by Gasteiger charge is -2.19. The van der Waals surface area contributed by atoms with Crippen LogP contribution in [0, 0.1) is 5.82 Å². The first-order valence-corrected chi connectivity index (χ1v) is 6.84. The van der Waals surface area contributed by atoms with Crippen LogP contribution in [0.5, 0.6) is 5.75 Å². The molecule has 2 rings (SSSR count). The summed E-state index contributed by atoms with van der Waals surface area (Å²) in [5, 5.41) is 0.546. The maximum Gasteiger partial charge on any atom is 0.138 e. The van der Waals surface area contributed by atoms with Gasteiger partial charge in [-0.2, -0.15) is 0 Å². The number of para-hydroxylation sites is 1. The van der Waals surface area contributed by atoms with Gasteiger partial charge in [-0.25, -0.2) is 4.39 Å². The SMILES string of the molecule is Fc1ccc(C(CCCl)Oc2ccccc2Cl)cc1. The second-order valence-electron chi connectivity index (χ2n) is 4.07. The van der Waals surface area contributed by atoms with Crippen molar-refractivity contribution in [2.24, 2.45) is 0 Å². The second-order valence-corrected chi connectivity index (χ2v) is 4.85. The third kappa shape index (κ3) is 3.85. The third-order valence-electron chi connectivity index (χ3n) is 2.72. The van der Waals surface area contributed by atoms with Gasteiger partial charge in [0.05, 0.1) is 5.02 Å². The molecule has 0 radical (unpaired) electrons. The highest BCUT2D eigenvalue weighted by atomic mass is 35.5. The van der Waals surface area contributed by atoms with E-state index in [9.17, 15) is 4.39 Å². The Morgan fingerprint density at radius 2 is 1.74 bits per heavy atom. The molecule has 0 heterocycles. The fourth-order valence-corrected chi connectivity index (χ4v) is 2.14. The molecule has 1 nitrogen and oxygen atoms in total. The van der Waals surface area contributed by atoms with Gasteiger partial charge in [-0.3, -0.25) is 0 Å². The molecule has 1 atom stereocenters. The fourth-order valence-electron chi connectivity index (χ4n) is 1.76. The Morgan fingerprint density at radius 3 is 2.37 bits per heavy atom. The fraction of sp³-hybridized carbons (Fsp3) is 0.200. The maximum atomic E-state index is 12.9. The molecule has 0 aliphatic carbocycles. The highest BCUT2D eigenvalue weighted by Gasteiger charge is 2.14. The number of hydrogen-bond acceptors (Lipinski definition) is 1. The van der Waals surface area contributed by atoms with Gasteiger partial charge in [-0.1, -0.05) is 35.9 Å². The molecule has 0 spiro atoms.